The van der Waals surface area contributed by atoms with E-state index >= 15 is 0 Å². The molecule has 1 amide bonds. The maximum absolute atomic E-state index is 12.8. The van der Waals surface area contributed by atoms with E-state index in [0.29, 0.717) is 37.7 Å². The molecular weight excluding hydrogens is 448 g/mol. The summed E-state index contributed by atoms with van der Waals surface area (Å²) >= 11 is 1.38. The van der Waals surface area contributed by atoms with Crippen molar-refractivity contribution in [1.82, 2.24) is 14.3 Å². The van der Waals surface area contributed by atoms with Crippen molar-refractivity contribution in [3.8, 4) is 17.0 Å². The number of hydrogen-bond acceptors (Lipinski definition) is 7. The molecule has 0 bridgehead atoms. The van der Waals surface area contributed by atoms with E-state index in [2.05, 4.69) is 21.4 Å². The van der Waals surface area contributed by atoms with Crippen LogP contribution in [0.4, 0.5) is 5.13 Å². The number of sulfonamides is 1. The maximum atomic E-state index is 12.8. The van der Waals surface area contributed by atoms with Crippen LogP contribution in [0.1, 0.15) is 18.4 Å². The number of ether oxygens (including phenoxy) is 1. The Balaban J connectivity index is 1.20. The smallest absolute Gasteiger partial charge is 0.244 e. The van der Waals surface area contributed by atoms with E-state index in [1.807, 2.05) is 17.5 Å². The van der Waals surface area contributed by atoms with Crippen LogP contribution in [0.2, 0.25) is 0 Å². The highest BCUT2D eigenvalue weighted by atomic mass is 32.2. The molecule has 2 aliphatic heterocycles. The SMILES string of the molecule is O=C(Nc1nc(-c2ccc3c(c2)CCO3)cs1)C1CCN(S(=O)(=O)c2cccnc2)CC1. The first kappa shape index (κ1) is 21.0. The van der Waals surface area contributed by atoms with E-state index in [-0.39, 0.29) is 16.7 Å². The van der Waals surface area contributed by atoms with Crippen LogP contribution in [-0.2, 0) is 21.2 Å². The molecule has 0 spiro atoms. The zero-order valence-electron chi connectivity index (χ0n) is 17.2. The third-order valence-corrected chi connectivity index (χ3v) is 8.46. The van der Waals surface area contributed by atoms with Crippen molar-refractivity contribution in [3.05, 3.63) is 53.7 Å². The Morgan fingerprint density at radius 1 is 1.22 bits per heavy atom. The number of pyridine rings is 1. The Labute approximate surface area is 190 Å². The van der Waals surface area contributed by atoms with Gasteiger partial charge in [-0.05, 0) is 48.7 Å². The molecule has 10 heteroatoms. The zero-order valence-corrected chi connectivity index (χ0v) is 18.9. The van der Waals surface area contributed by atoms with Gasteiger partial charge in [0.05, 0.1) is 12.3 Å². The van der Waals surface area contributed by atoms with Gasteiger partial charge < -0.3 is 10.1 Å². The first-order valence-electron chi connectivity index (χ1n) is 10.4. The number of nitrogens with one attached hydrogen (secondary N) is 1. The summed E-state index contributed by atoms with van der Waals surface area (Å²) in [5.41, 5.74) is 2.99. The lowest BCUT2D eigenvalue weighted by Crippen LogP contribution is -2.41. The molecule has 2 aromatic heterocycles. The molecule has 0 unspecified atom stereocenters. The van der Waals surface area contributed by atoms with Crippen molar-refractivity contribution in [3.63, 3.8) is 0 Å². The minimum absolute atomic E-state index is 0.119. The van der Waals surface area contributed by atoms with Crippen molar-refractivity contribution in [2.75, 3.05) is 25.0 Å². The summed E-state index contributed by atoms with van der Waals surface area (Å²) in [5, 5.41) is 5.38. The predicted molar refractivity (Wildman–Crippen MR) is 121 cm³/mol. The van der Waals surface area contributed by atoms with Crippen LogP contribution in [0.3, 0.4) is 0 Å². The number of carbonyl (C=O) groups excluding carboxylic acids is 1. The van der Waals surface area contributed by atoms with Crippen LogP contribution < -0.4 is 10.1 Å². The Hall–Kier alpha value is -2.82. The van der Waals surface area contributed by atoms with Crippen LogP contribution >= 0.6 is 11.3 Å². The number of piperidine rings is 1. The summed E-state index contributed by atoms with van der Waals surface area (Å²) in [7, 11) is -3.58. The summed E-state index contributed by atoms with van der Waals surface area (Å²) < 4.78 is 32.4. The highest BCUT2D eigenvalue weighted by Crippen LogP contribution is 2.32. The second-order valence-electron chi connectivity index (χ2n) is 7.82. The molecule has 0 aliphatic carbocycles. The molecule has 2 aliphatic rings. The third-order valence-electron chi connectivity index (χ3n) is 5.82. The number of amides is 1. The van der Waals surface area contributed by atoms with Gasteiger partial charge in [0.25, 0.3) is 0 Å². The van der Waals surface area contributed by atoms with Crippen LogP contribution in [0.15, 0.2) is 53.0 Å². The Kier molecular flexibility index (Phi) is 5.66. The summed E-state index contributed by atoms with van der Waals surface area (Å²) in [6.45, 7) is 1.31. The van der Waals surface area contributed by atoms with Crippen molar-refractivity contribution >= 4 is 32.4 Å². The standard InChI is InChI=1S/C22H22N4O4S2/c27-21(15-5-9-26(10-6-15)32(28,29)18-2-1-8-23-13-18)25-22-24-19(14-31-22)16-3-4-20-17(12-16)7-11-30-20/h1-4,8,12-15H,5-7,9-11H2,(H,24,25,27). The fourth-order valence-corrected chi connectivity index (χ4v) is 6.18. The van der Waals surface area contributed by atoms with E-state index in [1.54, 1.807) is 12.3 Å². The largest absolute Gasteiger partial charge is 0.493 e. The molecule has 0 saturated carbocycles. The highest BCUT2D eigenvalue weighted by Gasteiger charge is 2.32. The monoisotopic (exact) mass is 470 g/mol. The van der Waals surface area contributed by atoms with Crippen molar-refractivity contribution < 1.29 is 17.9 Å². The van der Waals surface area contributed by atoms with Crippen LogP contribution in [0, 0.1) is 5.92 Å². The van der Waals surface area contributed by atoms with Crippen LogP contribution in [-0.4, -0.2) is 48.3 Å². The third kappa shape index (κ3) is 4.13. The molecule has 5 rings (SSSR count). The fraction of sp³-hybridized carbons (Fsp3) is 0.318. The minimum atomic E-state index is -3.58. The topological polar surface area (TPSA) is 101 Å². The molecule has 32 heavy (non-hydrogen) atoms. The molecule has 1 fully saturated rings. The van der Waals surface area contributed by atoms with Gasteiger partial charge in [-0.1, -0.05) is 0 Å². The predicted octanol–water partition coefficient (Wildman–Crippen LogP) is 3.18. The number of benzene rings is 1. The van der Waals surface area contributed by atoms with Gasteiger partial charge in [0.2, 0.25) is 15.9 Å². The number of thiazole rings is 1. The molecule has 166 valence electrons. The summed E-state index contributed by atoms with van der Waals surface area (Å²) in [6, 6.07) is 9.16. The minimum Gasteiger partial charge on any atom is -0.493 e. The van der Waals surface area contributed by atoms with Gasteiger partial charge in [0.1, 0.15) is 10.6 Å². The number of aromatic nitrogens is 2. The molecule has 8 nitrogen and oxygen atoms in total. The first-order valence-corrected chi connectivity index (χ1v) is 12.8. The normalized spacial score (nSPS) is 17.0. The molecule has 3 aromatic rings. The lowest BCUT2D eigenvalue weighted by Gasteiger charge is -2.30. The van der Waals surface area contributed by atoms with Crippen LogP contribution in [0.25, 0.3) is 11.3 Å². The maximum Gasteiger partial charge on any atom is 0.244 e. The summed E-state index contributed by atoms with van der Waals surface area (Å²) in [4.78, 5) is 21.4. The number of nitrogens with zero attached hydrogens (tertiary/aromatic N) is 3. The van der Waals surface area contributed by atoms with Crippen molar-refractivity contribution in [2.24, 2.45) is 5.92 Å². The average molecular weight is 471 g/mol. The lowest BCUT2D eigenvalue weighted by molar-refractivity contribution is -0.120. The van der Waals surface area contributed by atoms with E-state index in [0.717, 1.165) is 23.4 Å². The Morgan fingerprint density at radius 2 is 2.06 bits per heavy atom. The molecule has 1 aromatic carbocycles. The van der Waals surface area contributed by atoms with E-state index in [9.17, 15) is 13.2 Å². The number of anilines is 1. The van der Waals surface area contributed by atoms with Gasteiger partial charge in [0.15, 0.2) is 5.13 Å². The van der Waals surface area contributed by atoms with Gasteiger partial charge in [-0.25, -0.2) is 13.4 Å². The second kappa shape index (κ2) is 8.61. The Morgan fingerprint density at radius 3 is 2.84 bits per heavy atom. The molecule has 0 atom stereocenters. The number of rotatable bonds is 5. The average Bonchev–Trinajstić information content (AvgIpc) is 3.48. The van der Waals surface area contributed by atoms with E-state index in [1.165, 1.54) is 33.5 Å². The van der Waals surface area contributed by atoms with Gasteiger partial charge in [-0.3, -0.25) is 9.78 Å². The molecule has 0 radical (unpaired) electrons. The number of carbonyl (C=O) groups is 1. The van der Waals surface area contributed by atoms with Crippen LogP contribution in [0.5, 0.6) is 5.75 Å². The lowest BCUT2D eigenvalue weighted by atomic mass is 9.97. The van der Waals surface area contributed by atoms with E-state index < -0.39 is 10.0 Å². The van der Waals surface area contributed by atoms with Gasteiger partial charge >= 0.3 is 0 Å². The van der Waals surface area contributed by atoms with Gasteiger partial charge in [-0.15, -0.1) is 11.3 Å². The molecule has 4 heterocycles. The van der Waals surface area contributed by atoms with Crippen molar-refractivity contribution in [2.45, 2.75) is 24.2 Å². The van der Waals surface area contributed by atoms with Crippen molar-refractivity contribution in [1.29, 1.82) is 0 Å². The molecule has 1 N–H and O–H groups in total. The van der Waals surface area contributed by atoms with Gasteiger partial charge in [-0.2, -0.15) is 4.31 Å². The highest BCUT2D eigenvalue weighted by molar-refractivity contribution is 7.89. The van der Waals surface area contributed by atoms with E-state index in [4.69, 9.17) is 4.74 Å². The summed E-state index contributed by atoms with van der Waals surface area (Å²) in [5.74, 6) is 0.556. The fourth-order valence-electron chi connectivity index (χ4n) is 4.02. The summed E-state index contributed by atoms with van der Waals surface area (Å²) in [6.07, 6.45) is 4.72. The first-order chi connectivity index (χ1) is 15.5. The molecular formula is C22H22N4O4S2. The molecule has 1 saturated heterocycles. The zero-order chi connectivity index (χ0) is 22.1. The quantitative estimate of drug-likeness (QED) is 0.615. The van der Waals surface area contributed by atoms with Gasteiger partial charge in [0, 0.05) is 48.8 Å². The number of fused-ring (bicyclic) bond motifs is 1. The Bertz CT molecular complexity index is 1240. The number of hydrogen-bond donors (Lipinski definition) is 1. The second-order valence-corrected chi connectivity index (χ2v) is 10.6.